The van der Waals surface area contributed by atoms with Gasteiger partial charge in [-0.1, -0.05) is 0 Å². The molecule has 2 aromatic rings. The van der Waals surface area contributed by atoms with Crippen molar-refractivity contribution in [2.45, 2.75) is 25.3 Å². The van der Waals surface area contributed by atoms with Gasteiger partial charge in [-0.25, -0.2) is 4.98 Å². The van der Waals surface area contributed by atoms with Crippen molar-refractivity contribution in [2.75, 3.05) is 40.0 Å². The molecule has 144 valence electrons. The highest BCUT2D eigenvalue weighted by atomic mass is 16.6. The number of nitrogens with zero attached hydrogens (tertiary/aromatic N) is 3. The van der Waals surface area contributed by atoms with Crippen LogP contribution in [0.3, 0.4) is 0 Å². The van der Waals surface area contributed by atoms with Gasteiger partial charge in [-0.3, -0.25) is 4.79 Å². The van der Waals surface area contributed by atoms with Gasteiger partial charge >= 0.3 is 0 Å². The third-order valence-corrected chi connectivity index (χ3v) is 5.15. The minimum Gasteiger partial charge on any atom is -0.486 e. The molecule has 1 aromatic carbocycles. The highest BCUT2D eigenvalue weighted by Gasteiger charge is 2.28. The van der Waals surface area contributed by atoms with E-state index in [0.717, 1.165) is 31.8 Å². The summed E-state index contributed by atoms with van der Waals surface area (Å²) in [6.45, 7) is 3.93. The van der Waals surface area contributed by atoms with Crippen molar-refractivity contribution < 1.29 is 19.0 Å². The normalized spacial score (nSPS) is 19.1. The number of carbonyl (C=O) groups excluding carboxylic acids is 1. The van der Waals surface area contributed by atoms with Crippen LogP contribution in [0.2, 0.25) is 0 Å². The van der Waals surface area contributed by atoms with Crippen molar-refractivity contribution >= 4 is 5.91 Å². The fourth-order valence-electron chi connectivity index (χ4n) is 3.79. The number of aromatic nitrogens is 2. The van der Waals surface area contributed by atoms with Gasteiger partial charge < -0.3 is 23.7 Å². The lowest BCUT2D eigenvalue weighted by Crippen LogP contribution is -2.39. The molecule has 0 bridgehead atoms. The standard InChI is InChI=1S/C20H25N3O4/c1-25-10-9-22-8-6-21-19(22)16-3-2-7-23(14-16)20(24)15-4-5-17-18(13-15)27-12-11-26-17/h4-6,8,13,16H,2-3,7,9-12,14H2,1H3/t16-/m1/s1. The van der Waals surface area contributed by atoms with Gasteiger partial charge in [-0.15, -0.1) is 0 Å². The fraction of sp³-hybridized carbons (Fsp3) is 0.500. The van der Waals surface area contributed by atoms with E-state index < -0.39 is 0 Å². The van der Waals surface area contributed by atoms with Crippen LogP contribution < -0.4 is 9.47 Å². The number of rotatable bonds is 5. The maximum Gasteiger partial charge on any atom is 0.254 e. The van der Waals surface area contributed by atoms with Crippen LogP contribution >= 0.6 is 0 Å². The summed E-state index contributed by atoms with van der Waals surface area (Å²) in [4.78, 5) is 19.5. The SMILES string of the molecule is COCCn1ccnc1[C@@H]1CCCN(C(=O)c2ccc3c(c2)OCCO3)C1. The van der Waals surface area contributed by atoms with Crippen LogP contribution in [0.4, 0.5) is 0 Å². The predicted molar refractivity (Wildman–Crippen MR) is 99.4 cm³/mol. The number of benzene rings is 1. The molecular weight excluding hydrogens is 346 g/mol. The lowest BCUT2D eigenvalue weighted by atomic mass is 9.96. The Kier molecular flexibility index (Phi) is 5.29. The summed E-state index contributed by atoms with van der Waals surface area (Å²) in [5.74, 6) is 2.66. The average Bonchev–Trinajstić information content (AvgIpc) is 3.20. The minimum absolute atomic E-state index is 0.0340. The minimum atomic E-state index is 0.0340. The Morgan fingerprint density at radius 2 is 2.15 bits per heavy atom. The van der Waals surface area contributed by atoms with Crippen molar-refractivity contribution in [3.05, 3.63) is 42.0 Å². The number of imidazole rings is 1. The monoisotopic (exact) mass is 371 g/mol. The van der Waals surface area contributed by atoms with E-state index in [1.165, 1.54) is 0 Å². The lowest BCUT2D eigenvalue weighted by molar-refractivity contribution is 0.0701. The number of fused-ring (bicyclic) bond motifs is 1. The van der Waals surface area contributed by atoms with E-state index in [1.54, 1.807) is 13.2 Å². The summed E-state index contributed by atoms with van der Waals surface area (Å²) in [5.41, 5.74) is 0.641. The fourth-order valence-corrected chi connectivity index (χ4v) is 3.79. The maximum absolute atomic E-state index is 13.0. The van der Waals surface area contributed by atoms with Gasteiger partial charge in [0.15, 0.2) is 11.5 Å². The maximum atomic E-state index is 13.0. The molecule has 2 aliphatic heterocycles. The van der Waals surface area contributed by atoms with Crippen molar-refractivity contribution in [3.8, 4) is 11.5 Å². The molecule has 1 amide bonds. The van der Waals surface area contributed by atoms with Gasteiger partial charge in [-0.2, -0.15) is 0 Å². The zero-order valence-electron chi connectivity index (χ0n) is 15.6. The quantitative estimate of drug-likeness (QED) is 0.807. The molecule has 0 aliphatic carbocycles. The van der Waals surface area contributed by atoms with Gasteiger partial charge in [0.2, 0.25) is 0 Å². The van der Waals surface area contributed by atoms with E-state index in [4.69, 9.17) is 14.2 Å². The molecule has 0 unspecified atom stereocenters. The molecule has 3 heterocycles. The number of ether oxygens (including phenoxy) is 3. The Labute approximate surface area is 158 Å². The third kappa shape index (κ3) is 3.78. The largest absolute Gasteiger partial charge is 0.486 e. The number of hydrogen-bond donors (Lipinski definition) is 0. The Bertz CT molecular complexity index is 804. The first kappa shape index (κ1) is 17.9. The van der Waals surface area contributed by atoms with Crippen LogP contribution in [0.5, 0.6) is 11.5 Å². The first-order valence-electron chi connectivity index (χ1n) is 9.45. The van der Waals surface area contributed by atoms with Crippen LogP contribution in [0.25, 0.3) is 0 Å². The second-order valence-corrected chi connectivity index (χ2v) is 6.92. The second kappa shape index (κ2) is 8.00. The highest BCUT2D eigenvalue weighted by Crippen LogP contribution is 2.32. The topological polar surface area (TPSA) is 65.8 Å². The van der Waals surface area contributed by atoms with Gasteiger partial charge in [0.1, 0.15) is 19.0 Å². The molecule has 1 aromatic heterocycles. The van der Waals surface area contributed by atoms with Crippen molar-refractivity contribution in [3.63, 3.8) is 0 Å². The molecule has 4 rings (SSSR count). The lowest BCUT2D eigenvalue weighted by Gasteiger charge is -2.33. The first-order valence-corrected chi connectivity index (χ1v) is 9.45. The molecule has 7 heteroatoms. The molecule has 1 saturated heterocycles. The molecule has 2 aliphatic rings. The molecule has 0 spiro atoms. The van der Waals surface area contributed by atoms with Crippen LogP contribution in [0, 0.1) is 0 Å². The zero-order chi connectivity index (χ0) is 18.6. The molecule has 1 atom stereocenters. The molecule has 27 heavy (non-hydrogen) atoms. The van der Waals surface area contributed by atoms with Crippen LogP contribution in [0.1, 0.15) is 34.9 Å². The Morgan fingerprint density at radius 3 is 3.00 bits per heavy atom. The molecule has 1 fully saturated rings. The zero-order valence-corrected chi connectivity index (χ0v) is 15.6. The van der Waals surface area contributed by atoms with E-state index in [-0.39, 0.29) is 11.8 Å². The molecule has 7 nitrogen and oxygen atoms in total. The highest BCUT2D eigenvalue weighted by molar-refractivity contribution is 5.95. The number of likely N-dealkylation sites (tertiary alicyclic amines) is 1. The summed E-state index contributed by atoms with van der Waals surface area (Å²) in [6.07, 6.45) is 5.82. The summed E-state index contributed by atoms with van der Waals surface area (Å²) in [5, 5.41) is 0. The van der Waals surface area contributed by atoms with Gasteiger partial charge in [0.05, 0.1) is 6.61 Å². The molecule has 0 radical (unpaired) electrons. The molecule has 0 N–H and O–H groups in total. The average molecular weight is 371 g/mol. The number of hydrogen-bond acceptors (Lipinski definition) is 5. The van der Waals surface area contributed by atoms with E-state index in [1.807, 2.05) is 29.4 Å². The van der Waals surface area contributed by atoms with Crippen molar-refractivity contribution in [1.29, 1.82) is 0 Å². The molecular formula is C20H25N3O4. The third-order valence-electron chi connectivity index (χ3n) is 5.15. The number of piperidine rings is 1. The van der Waals surface area contributed by atoms with E-state index in [2.05, 4.69) is 9.55 Å². The van der Waals surface area contributed by atoms with Crippen LogP contribution in [-0.2, 0) is 11.3 Å². The summed E-state index contributed by atoms with van der Waals surface area (Å²) >= 11 is 0. The number of amides is 1. The Hall–Kier alpha value is -2.54. The number of carbonyl (C=O) groups is 1. The first-order chi connectivity index (χ1) is 13.3. The van der Waals surface area contributed by atoms with Crippen molar-refractivity contribution in [1.82, 2.24) is 14.5 Å². The second-order valence-electron chi connectivity index (χ2n) is 6.92. The van der Waals surface area contributed by atoms with Gasteiger partial charge in [0.25, 0.3) is 5.91 Å². The van der Waals surface area contributed by atoms with E-state index >= 15 is 0 Å². The van der Waals surface area contributed by atoms with E-state index in [9.17, 15) is 4.79 Å². The summed E-state index contributed by atoms with van der Waals surface area (Å²) < 4.78 is 18.5. The van der Waals surface area contributed by atoms with Crippen LogP contribution in [-0.4, -0.2) is 60.4 Å². The smallest absolute Gasteiger partial charge is 0.254 e. The Morgan fingerprint density at radius 1 is 1.30 bits per heavy atom. The summed E-state index contributed by atoms with van der Waals surface area (Å²) in [7, 11) is 1.70. The van der Waals surface area contributed by atoms with Gasteiger partial charge in [-0.05, 0) is 31.0 Å². The van der Waals surface area contributed by atoms with Gasteiger partial charge in [0, 0.05) is 50.6 Å². The van der Waals surface area contributed by atoms with Crippen molar-refractivity contribution in [2.24, 2.45) is 0 Å². The Balaban J connectivity index is 1.48. The summed E-state index contributed by atoms with van der Waals surface area (Å²) in [6, 6.07) is 5.43. The predicted octanol–water partition coefficient (Wildman–Crippen LogP) is 2.32. The number of methoxy groups -OCH3 is 1. The molecule has 0 saturated carbocycles. The van der Waals surface area contributed by atoms with Crippen LogP contribution in [0.15, 0.2) is 30.6 Å². The van der Waals surface area contributed by atoms with E-state index in [0.29, 0.717) is 43.4 Å².